The zero-order valence-electron chi connectivity index (χ0n) is 12.3. The van der Waals surface area contributed by atoms with Crippen LogP contribution in [0.15, 0.2) is 43.0 Å². The van der Waals surface area contributed by atoms with E-state index in [2.05, 4.69) is 4.98 Å². The normalized spacial score (nSPS) is 11.0. The van der Waals surface area contributed by atoms with Gasteiger partial charge in [0.1, 0.15) is 12.4 Å². The van der Waals surface area contributed by atoms with E-state index in [-0.39, 0.29) is 6.61 Å². The van der Waals surface area contributed by atoms with Gasteiger partial charge in [-0.15, -0.1) is 0 Å². The second-order valence-electron chi connectivity index (χ2n) is 4.30. The first kappa shape index (κ1) is 18.1. The van der Waals surface area contributed by atoms with Gasteiger partial charge in [0.25, 0.3) is 0 Å². The van der Waals surface area contributed by atoms with Gasteiger partial charge in [-0.2, -0.15) is 12.7 Å². The topological polar surface area (TPSA) is 105 Å². The molecule has 0 radical (unpaired) electrons. The highest BCUT2D eigenvalue weighted by Gasteiger charge is 2.04. The molecule has 1 aromatic carbocycles. The van der Waals surface area contributed by atoms with Crippen molar-refractivity contribution >= 4 is 10.3 Å². The fourth-order valence-electron chi connectivity index (χ4n) is 1.29. The molecule has 1 aromatic heterocycles. The molecule has 0 spiro atoms. The zero-order valence-corrected chi connectivity index (χ0v) is 13.1. The van der Waals surface area contributed by atoms with Gasteiger partial charge in [-0.3, -0.25) is 4.55 Å². The van der Waals surface area contributed by atoms with E-state index < -0.39 is 10.3 Å². The minimum absolute atomic E-state index is 0.0310. The predicted molar refractivity (Wildman–Crippen MR) is 81.4 cm³/mol. The van der Waals surface area contributed by atoms with Crippen LogP contribution in [0.2, 0.25) is 0 Å². The summed E-state index contributed by atoms with van der Waals surface area (Å²) in [5.41, 5.74) is 1.03. The average molecular weight is 329 g/mol. The summed E-state index contributed by atoms with van der Waals surface area (Å²) in [6.07, 6.45) is 5.35. The van der Waals surface area contributed by atoms with Crippen LogP contribution in [0, 0.1) is 0 Å². The van der Waals surface area contributed by atoms with Crippen molar-refractivity contribution in [2.24, 2.45) is 0 Å². The van der Waals surface area contributed by atoms with Gasteiger partial charge in [-0.05, 0) is 24.3 Å². The molecule has 0 amide bonds. The van der Waals surface area contributed by atoms with Gasteiger partial charge < -0.3 is 14.4 Å². The second kappa shape index (κ2) is 8.49. The summed E-state index contributed by atoms with van der Waals surface area (Å²) < 4.78 is 35.5. The number of hydrogen-bond donors (Lipinski definition) is 2. The molecule has 0 aliphatic carbocycles. The highest BCUT2D eigenvalue weighted by atomic mass is 32.2. The van der Waals surface area contributed by atoms with Gasteiger partial charge in [-0.1, -0.05) is 0 Å². The molecule has 0 saturated heterocycles. The van der Waals surface area contributed by atoms with Crippen molar-refractivity contribution in [3.63, 3.8) is 0 Å². The van der Waals surface area contributed by atoms with Gasteiger partial charge >= 0.3 is 10.3 Å². The molecule has 0 aliphatic rings. The van der Waals surface area contributed by atoms with Crippen LogP contribution in [0.25, 0.3) is 5.69 Å². The maximum absolute atomic E-state index is 9.81. The van der Waals surface area contributed by atoms with Crippen molar-refractivity contribution in [1.82, 2.24) is 13.9 Å². The molecule has 2 N–H and O–H groups in total. The van der Waals surface area contributed by atoms with E-state index in [1.807, 2.05) is 35.0 Å². The lowest BCUT2D eigenvalue weighted by Gasteiger charge is -2.05. The summed E-state index contributed by atoms with van der Waals surface area (Å²) in [5.74, 6) is 0.757. The monoisotopic (exact) mass is 329 g/mol. The molecule has 22 heavy (non-hydrogen) atoms. The molecular formula is C13H19N3O5S. The smallest absolute Gasteiger partial charge is 0.335 e. The standard InChI is InChI=1S/C11H12N2O2.C2H7NO3S/c14-7-8-15-11-3-1-10(2-4-11)13-6-5-12-9-13;1-3(2)7(4,5)6/h1-6,9,14H,7-8H2;1-2H3,(H,4,5,6). The zero-order chi connectivity index (χ0) is 16.6. The van der Waals surface area contributed by atoms with E-state index in [4.69, 9.17) is 14.4 Å². The Morgan fingerprint density at radius 1 is 1.27 bits per heavy atom. The van der Waals surface area contributed by atoms with Crippen LogP contribution in [0.1, 0.15) is 0 Å². The molecule has 2 aromatic rings. The number of imidazole rings is 1. The lowest BCUT2D eigenvalue weighted by Crippen LogP contribution is -2.20. The number of aliphatic hydroxyl groups excluding tert-OH is 1. The number of ether oxygens (including phenoxy) is 1. The van der Waals surface area contributed by atoms with Crippen molar-refractivity contribution in [1.29, 1.82) is 0 Å². The first-order valence-electron chi connectivity index (χ1n) is 6.31. The lowest BCUT2D eigenvalue weighted by atomic mass is 10.3. The SMILES string of the molecule is CN(C)S(=O)(=O)O.OCCOc1ccc(-n2ccnc2)cc1. The fraction of sp³-hybridized carbons (Fsp3) is 0.308. The second-order valence-corrected chi connectivity index (χ2v) is 5.92. The highest BCUT2D eigenvalue weighted by molar-refractivity contribution is 7.83. The Morgan fingerprint density at radius 2 is 1.86 bits per heavy atom. The number of hydrogen-bond acceptors (Lipinski definition) is 5. The Balaban J connectivity index is 0.000000295. The summed E-state index contributed by atoms with van der Waals surface area (Å²) >= 11 is 0. The van der Waals surface area contributed by atoms with Crippen molar-refractivity contribution in [3.05, 3.63) is 43.0 Å². The molecule has 0 unspecified atom stereocenters. The van der Waals surface area contributed by atoms with E-state index in [1.165, 1.54) is 14.1 Å². The molecule has 0 atom stereocenters. The summed E-state index contributed by atoms with van der Waals surface area (Å²) in [6.45, 7) is 0.355. The Labute approximate surface area is 129 Å². The molecular weight excluding hydrogens is 310 g/mol. The van der Waals surface area contributed by atoms with Gasteiger partial charge in [0.2, 0.25) is 0 Å². The Bertz CT molecular complexity index is 639. The van der Waals surface area contributed by atoms with Crippen LogP contribution in [0.3, 0.4) is 0 Å². The van der Waals surface area contributed by atoms with Gasteiger partial charge in [-0.25, -0.2) is 4.98 Å². The summed E-state index contributed by atoms with van der Waals surface area (Å²) in [6, 6.07) is 7.61. The molecule has 0 aliphatic heterocycles. The third kappa shape index (κ3) is 6.22. The summed E-state index contributed by atoms with van der Waals surface area (Å²) in [5, 5.41) is 8.60. The average Bonchev–Trinajstić information content (AvgIpc) is 2.99. The third-order valence-electron chi connectivity index (χ3n) is 2.46. The van der Waals surface area contributed by atoms with Crippen LogP contribution >= 0.6 is 0 Å². The quantitative estimate of drug-likeness (QED) is 0.778. The molecule has 1 heterocycles. The first-order valence-corrected chi connectivity index (χ1v) is 7.71. The Hall–Kier alpha value is -1.94. The van der Waals surface area contributed by atoms with Gasteiger partial charge in [0.15, 0.2) is 0 Å². The first-order chi connectivity index (χ1) is 10.3. The number of nitrogens with zero attached hydrogens (tertiary/aromatic N) is 3. The minimum Gasteiger partial charge on any atom is -0.491 e. The number of benzene rings is 1. The maximum Gasteiger partial charge on any atom is 0.335 e. The minimum atomic E-state index is -3.91. The van der Waals surface area contributed by atoms with E-state index in [0.717, 1.165) is 11.4 Å². The Kier molecular flexibility index (Phi) is 6.99. The highest BCUT2D eigenvalue weighted by Crippen LogP contribution is 2.14. The molecule has 0 bridgehead atoms. The molecule has 2 rings (SSSR count). The van der Waals surface area contributed by atoms with Crippen molar-refractivity contribution in [2.45, 2.75) is 0 Å². The van der Waals surface area contributed by atoms with Crippen LogP contribution in [0.5, 0.6) is 5.75 Å². The van der Waals surface area contributed by atoms with Crippen molar-refractivity contribution < 1.29 is 22.8 Å². The predicted octanol–water partition coefficient (Wildman–Crippen LogP) is 0.594. The lowest BCUT2D eigenvalue weighted by molar-refractivity contribution is 0.201. The summed E-state index contributed by atoms with van der Waals surface area (Å²) in [7, 11) is -1.42. The Morgan fingerprint density at radius 3 is 2.27 bits per heavy atom. The molecule has 0 fully saturated rings. The van der Waals surface area contributed by atoms with Crippen LogP contribution in [-0.2, 0) is 10.3 Å². The van der Waals surface area contributed by atoms with Gasteiger partial charge in [0, 0.05) is 32.2 Å². The van der Waals surface area contributed by atoms with Crippen molar-refractivity contribution in [2.75, 3.05) is 27.3 Å². The molecule has 8 nitrogen and oxygen atoms in total. The van der Waals surface area contributed by atoms with Crippen molar-refractivity contribution in [3.8, 4) is 11.4 Å². The van der Waals surface area contributed by atoms with Crippen LogP contribution in [0.4, 0.5) is 0 Å². The number of rotatable bonds is 5. The van der Waals surface area contributed by atoms with E-state index >= 15 is 0 Å². The van der Waals surface area contributed by atoms with E-state index in [1.54, 1.807) is 12.5 Å². The number of aliphatic hydroxyl groups is 1. The summed E-state index contributed by atoms with van der Waals surface area (Å²) in [4.78, 5) is 3.97. The van der Waals surface area contributed by atoms with Gasteiger partial charge in [0.05, 0.1) is 12.9 Å². The van der Waals surface area contributed by atoms with E-state index in [0.29, 0.717) is 10.9 Å². The largest absolute Gasteiger partial charge is 0.491 e. The molecule has 122 valence electrons. The third-order valence-corrected chi connectivity index (χ3v) is 3.38. The fourth-order valence-corrected chi connectivity index (χ4v) is 1.29. The molecule has 9 heteroatoms. The van der Waals surface area contributed by atoms with Crippen LogP contribution < -0.4 is 4.74 Å². The van der Waals surface area contributed by atoms with Crippen LogP contribution in [-0.4, -0.2) is 59.2 Å². The van der Waals surface area contributed by atoms with E-state index in [9.17, 15) is 8.42 Å². The molecule has 0 saturated carbocycles. The maximum atomic E-state index is 9.81. The number of aromatic nitrogens is 2.